The number of nitrogens with zero attached hydrogens (tertiary/aromatic N) is 2. The van der Waals surface area contributed by atoms with Crippen LogP contribution in [0.2, 0.25) is 0 Å². The van der Waals surface area contributed by atoms with Crippen molar-refractivity contribution in [1.82, 2.24) is 9.55 Å². The molecule has 0 N–H and O–H groups in total. The van der Waals surface area contributed by atoms with Gasteiger partial charge in [-0.1, -0.05) is 15.9 Å². The Morgan fingerprint density at radius 2 is 2.33 bits per heavy atom. The molecule has 52 valence electrons. The van der Waals surface area contributed by atoms with Crippen LogP contribution in [0.5, 0.6) is 0 Å². The molecule has 1 atom stereocenters. The fourth-order valence-corrected chi connectivity index (χ4v) is 0.722. The van der Waals surface area contributed by atoms with Crippen molar-refractivity contribution in [3.63, 3.8) is 0 Å². The molecule has 0 aromatic carbocycles. The van der Waals surface area contributed by atoms with Gasteiger partial charge in [-0.2, -0.15) is 0 Å². The molecule has 1 rings (SSSR count). The third-order valence-electron chi connectivity index (χ3n) is 0.936. The van der Waals surface area contributed by atoms with Crippen LogP contribution in [0.3, 0.4) is 0 Å². The number of aromatic nitrogens is 2. The van der Waals surface area contributed by atoms with E-state index in [0.29, 0.717) is 4.95 Å². The van der Waals surface area contributed by atoms with E-state index in [0.717, 1.165) is 0 Å². The van der Waals surface area contributed by atoms with Gasteiger partial charge in [-0.15, -0.1) is 17.0 Å². The van der Waals surface area contributed by atoms with Gasteiger partial charge in [-0.25, -0.2) is 4.98 Å². The first-order valence-corrected chi connectivity index (χ1v) is 3.34. The molecule has 2 nitrogen and oxygen atoms in total. The molecular weight excluding hydrogens is 248 g/mol. The molecule has 0 aliphatic heterocycles. The third kappa shape index (κ3) is 2.49. The van der Waals surface area contributed by atoms with Crippen LogP contribution in [0.25, 0.3) is 0 Å². The predicted octanol–water partition coefficient (Wildman–Crippen LogP) is 2.37. The summed E-state index contributed by atoms with van der Waals surface area (Å²) in [7, 11) is 0. The first kappa shape index (κ1) is 9.17. The van der Waals surface area contributed by atoms with Crippen LogP contribution in [0.15, 0.2) is 18.7 Å². The lowest BCUT2D eigenvalue weighted by Gasteiger charge is -2.00. The fraction of sp³-hybridized carbons (Fsp3) is 0.400. The molecule has 0 amide bonds. The lowest BCUT2D eigenvalue weighted by atomic mass is 10.7. The van der Waals surface area contributed by atoms with Gasteiger partial charge < -0.3 is 4.57 Å². The highest BCUT2D eigenvalue weighted by Gasteiger charge is 1.92. The number of hydrogen-bond acceptors (Lipinski definition) is 1. The van der Waals surface area contributed by atoms with E-state index in [-0.39, 0.29) is 17.0 Å². The molecule has 1 aromatic heterocycles. The Labute approximate surface area is 73.2 Å². The van der Waals surface area contributed by atoms with Crippen molar-refractivity contribution in [3.05, 3.63) is 18.7 Å². The van der Waals surface area contributed by atoms with E-state index >= 15 is 0 Å². The summed E-state index contributed by atoms with van der Waals surface area (Å²) in [4.78, 5) is 4.23. The second-order valence-corrected chi connectivity index (χ2v) is 2.91. The first-order chi connectivity index (χ1) is 3.80. The zero-order chi connectivity index (χ0) is 5.98. The van der Waals surface area contributed by atoms with Crippen molar-refractivity contribution in [2.45, 2.75) is 11.9 Å². The summed E-state index contributed by atoms with van der Waals surface area (Å²) >= 11 is 3.38. The Morgan fingerprint density at radius 1 is 1.67 bits per heavy atom. The van der Waals surface area contributed by atoms with Crippen LogP contribution in [-0.4, -0.2) is 9.55 Å². The Balaban J connectivity index is 0.000000640. The van der Waals surface area contributed by atoms with Crippen molar-refractivity contribution < 1.29 is 0 Å². The highest BCUT2D eigenvalue weighted by atomic mass is 79.9. The molecule has 4 heteroatoms. The number of hydrogen-bond donors (Lipinski definition) is 0. The number of alkyl halides is 1. The molecule has 0 saturated heterocycles. The second kappa shape index (κ2) is 4.06. The van der Waals surface area contributed by atoms with Gasteiger partial charge in [0.05, 0.1) is 11.3 Å². The van der Waals surface area contributed by atoms with Crippen molar-refractivity contribution in [2.75, 3.05) is 0 Å². The summed E-state index contributed by atoms with van der Waals surface area (Å²) < 4.78 is 1.97. The largest absolute Gasteiger partial charge is 0.325 e. The molecule has 1 heterocycles. The van der Waals surface area contributed by atoms with Crippen LogP contribution in [0, 0.1) is 0 Å². The van der Waals surface area contributed by atoms with Crippen LogP contribution in [0.4, 0.5) is 0 Å². The van der Waals surface area contributed by atoms with Crippen molar-refractivity contribution in [2.24, 2.45) is 0 Å². The zero-order valence-corrected chi connectivity index (χ0v) is 8.29. The average molecular weight is 256 g/mol. The molecule has 0 fully saturated rings. The van der Waals surface area contributed by atoms with Crippen LogP contribution in [0.1, 0.15) is 11.9 Å². The van der Waals surface area contributed by atoms with Gasteiger partial charge in [-0.3, -0.25) is 0 Å². The second-order valence-electron chi connectivity index (χ2n) is 1.58. The van der Waals surface area contributed by atoms with Gasteiger partial charge in [0, 0.05) is 12.4 Å². The Bertz CT molecular complexity index is 148. The Kier molecular flexibility index (Phi) is 4.14. The fourth-order valence-electron chi connectivity index (χ4n) is 0.480. The van der Waals surface area contributed by atoms with E-state index in [9.17, 15) is 0 Å². The maximum absolute atomic E-state index is 3.88. The summed E-state index contributed by atoms with van der Waals surface area (Å²) in [6.07, 6.45) is 5.45. The lowest BCUT2D eigenvalue weighted by molar-refractivity contribution is 0.752. The van der Waals surface area contributed by atoms with E-state index in [2.05, 4.69) is 20.9 Å². The lowest BCUT2D eigenvalue weighted by Crippen LogP contribution is -1.91. The van der Waals surface area contributed by atoms with E-state index in [1.165, 1.54) is 0 Å². The summed E-state index contributed by atoms with van der Waals surface area (Å²) in [6.45, 7) is 2.04. The molecule has 1 unspecified atom stereocenters. The summed E-state index contributed by atoms with van der Waals surface area (Å²) in [5, 5.41) is 0. The quantitative estimate of drug-likeness (QED) is 0.705. The first-order valence-electron chi connectivity index (χ1n) is 2.42. The number of imidazole rings is 1. The van der Waals surface area contributed by atoms with Gasteiger partial charge in [-0.05, 0) is 6.92 Å². The SMILES string of the molecule is Br.CC(Br)n1ccnc1. The summed E-state index contributed by atoms with van der Waals surface area (Å²) in [6, 6.07) is 0. The maximum Gasteiger partial charge on any atom is 0.0955 e. The summed E-state index contributed by atoms with van der Waals surface area (Å²) in [5.41, 5.74) is 0. The van der Waals surface area contributed by atoms with Gasteiger partial charge in [0.15, 0.2) is 0 Å². The van der Waals surface area contributed by atoms with Crippen LogP contribution in [-0.2, 0) is 0 Å². The maximum atomic E-state index is 3.88. The predicted molar refractivity (Wildman–Crippen MR) is 46.2 cm³/mol. The van der Waals surface area contributed by atoms with E-state index in [1.54, 1.807) is 12.5 Å². The smallest absolute Gasteiger partial charge is 0.0955 e. The minimum atomic E-state index is 0. The molecular formula is C5H8Br2N2. The van der Waals surface area contributed by atoms with Gasteiger partial charge in [0.25, 0.3) is 0 Å². The average Bonchev–Trinajstić information content (AvgIpc) is 2.12. The van der Waals surface area contributed by atoms with E-state index in [1.807, 2.05) is 17.7 Å². The molecule has 0 aliphatic rings. The molecule has 1 aromatic rings. The van der Waals surface area contributed by atoms with Crippen LogP contribution < -0.4 is 0 Å². The Morgan fingerprint density at radius 3 is 2.56 bits per heavy atom. The van der Waals surface area contributed by atoms with Gasteiger partial charge in [0.2, 0.25) is 0 Å². The van der Waals surface area contributed by atoms with Gasteiger partial charge in [0.1, 0.15) is 0 Å². The molecule has 0 saturated carbocycles. The molecule has 0 radical (unpaired) electrons. The third-order valence-corrected chi connectivity index (χ3v) is 1.41. The minimum absolute atomic E-state index is 0. The topological polar surface area (TPSA) is 17.8 Å². The molecule has 0 spiro atoms. The monoisotopic (exact) mass is 254 g/mol. The minimum Gasteiger partial charge on any atom is -0.325 e. The zero-order valence-electron chi connectivity index (χ0n) is 4.99. The normalized spacial score (nSPS) is 12.2. The number of halogens is 2. The number of rotatable bonds is 1. The van der Waals surface area contributed by atoms with Crippen molar-refractivity contribution >= 4 is 32.9 Å². The standard InChI is InChI=1S/C5H7BrN2.BrH/c1-5(6)8-3-2-7-4-8;/h2-5H,1H3;1H. The Hall–Kier alpha value is 0.170. The molecule has 9 heavy (non-hydrogen) atoms. The highest BCUT2D eigenvalue weighted by Crippen LogP contribution is 2.10. The van der Waals surface area contributed by atoms with Gasteiger partial charge >= 0.3 is 0 Å². The highest BCUT2D eigenvalue weighted by molar-refractivity contribution is 9.09. The van der Waals surface area contributed by atoms with Crippen molar-refractivity contribution in [3.8, 4) is 0 Å². The van der Waals surface area contributed by atoms with Crippen molar-refractivity contribution in [1.29, 1.82) is 0 Å². The van der Waals surface area contributed by atoms with E-state index < -0.39 is 0 Å². The molecule has 0 aliphatic carbocycles. The van der Waals surface area contributed by atoms with Crippen LogP contribution >= 0.6 is 32.9 Å². The summed E-state index contributed by atoms with van der Waals surface area (Å²) in [5.74, 6) is 0. The van der Waals surface area contributed by atoms with E-state index in [4.69, 9.17) is 0 Å². The molecule has 0 bridgehead atoms.